The first-order valence-electron chi connectivity index (χ1n) is 10.4. The van der Waals surface area contributed by atoms with Crippen LogP contribution in [0.3, 0.4) is 0 Å². The zero-order valence-corrected chi connectivity index (χ0v) is 19.1. The molecule has 1 fully saturated rings. The predicted octanol–water partition coefficient (Wildman–Crippen LogP) is 3.12. The fraction of sp³-hybridized carbons (Fsp3) is 0.500. The van der Waals surface area contributed by atoms with E-state index in [2.05, 4.69) is 6.58 Å². The molecule has 0 spiro atoms. The molecular weight excluding hydrogens is 416 g/mol. The number of fused-ring (bicyclic) bond motifs is 1. The number of hydrogen-bond donors (Lipinski definition) is 0. The lowest BCUT2D eigenvalue weighted by atomic mass is 9.85. The molecule has 4 atom stereocenters. The van der Waals surface area contributed by atoms with Crippen LogP contribution in [0.1, 0.15) is 47.5 Å². The second-order valence-corrected chi connectivity index (χ2v) is 8.01. The van der Waals surface area contributed by atoms with E-state index in [1.54, 1.807) is 32.1 Å². The van der Waals surface area contributed by atoms with Crippen LogP contribution in [0.25, 0.3) is 0 Å². The second kappa shape index (κ2) is 10.9. The first-order chi connectivity index (χ1) is 15.0. The molecule has 2 rings (SSSR count). The third-order valence-electron chi connectivity index (χ3n) is 5.31. The first-order valence-corrected chi connectivity index (χ1v) is 10.4. The molecule has 1 heterocycles. The zero-order valence-electron chi connectivity index (χ0n) is 19.1. The molecule has 1 aliphatic carbocycles. The third kappa shape index (κ3) is 6.67. The van der Waals surface area contributed by atoms with Crippen molar-refractivity contribution in [1.82, 2.24) is 0 Å². The highest BCUT2D eigenvalue weighted by Crippen LogP contribution is 2.36. The zero-order chi connectivity index (χ0) is 24.0. The molecule has 0 N–H and O–H groups in total. The maximum absolute atomic E-state index is 12.5. The van der Waals surface area contributed by atoms with E-state index in [0.717, 1.165) is 5.57 Å². The number of allylic oxidation sites excluding steroid dienone is 1. The van der Waals surface area contributed by atoms with Gasteiger partial charge in [0.1, 0.15) is 24.9 Å². The summed E-state index contributed by atoms with van der Waals surface area (Å²) in [6.45, 7) is 11.6. The number of esters is 4. The fourth-order valence-electron chi connectivity index (χ4n) is 3.68. The molecule has 0 aromatic heterocycles. The number of hydrogen-bond acceptors (Lipinski definition) is 8. The van der Waals surface area contributed by atoms with E-state index in [9.17, 15) is 19.2 Å². The first kappa shape index (κ1) is 25.1. The van der Waals surface area contributed by atoms with Gasteiger partial charge in [-0.15, -0.1) is 0 Å². The van der Waals surface area contributed by atoms with Gasteiger partial charge < -0.3 is 18.9 Å². The van der Waals surface area contributed by atoms with E-state index < -0.39 is 48.1 Å². The highest BCUT2D eigenvalue weighted by molar-refractivity contribution is 5.92. The molecule has 0 aromatic carbocycles. The van der Waals surface area contributed by atoms with Crippen LogP contribution in [0.2, 0.25) is 0 Å². The van der Waals surface area contributed by atoms with Gasteiger partial charge in [-0.2, -0.15) is 0 Å². The Morgan fingerprint density at radius 3 is 2.41 bits per heavy atom. The van der Waals surface area contributed by atoms with Gasteiger partial charge in [0.2, 0.25) is 0 Å². The van der Waals surface area contributed by atoms with E-state index in [1.807, 2.05) is 6.92 Å². The van der Waals surface area contributed by atoms with Crippen molar-refractivity contribution >= 4 is 23.9 Å². The van der Waals surface area contributed by atoms with Crippen molar-refractivity contribution in [3.8, 4) is 0 Å². The third-order valence-corrected chi connectivity index (χ3v) is 5.31. The van der Waals surface area contributed by atoms with Crippen LogP contribution >= 0.6 is 0 Å². The lowest BCUT2D eigenvalue weighted by molar-refractivity contribution is -0.147. The Hall–Kier alpha value is -3.16. The van der Waals surface area contributed by atoms with Gasteiger partial charge in [-0.25, -0.2) is 9.59 Å². The number of rotatable bonds is 5. The Bertz CT molecular complexity index is 892. The maximum Gasteiger partial charge on any atom is 0.334 e. The average Bonchev–Trinajstić information content (AvgIpc) is 2.97. The van der Waals surface area contributed by atoms with Gasteiger partial charge in [0.15, 0.2) is 0 Å². The van der Waals surface area contributed by atoms with Gasteiger partial charge in [0, 0.05) is 37.8 Å². The molecule has 0 amide bonds. The molecule has 0 saturated carbocycles. The quantitative estimate of drug-likeness (QED) is 0.275. The largest absolute Gasteiger partial charge is 0.461 e. The minimum atomic E-state index is -0.770. The van der Waals surface area contributed by atoms with Crippen molar-refractivity contribution in [2.24, 2.45) is 5.92 Å². The Kier molecular flexibility index (Phi) is 8.57. The Labute approximate surface area is 187 Å². The lowest BCUT2D eigenvalue weighted by Gasteiger charge is -2.28. The predicted molar refractivity (Wildman–Crippen MR) is 115 cm³/mol. The minimum Gasteiger partial charge on any atom is -0.461 e. The Morgan fingerprint density at radius 1 is 1.12 bits per heavy atom. The van der Waals surface area contributed by atoms with Gasteiger partial charge in [-0.05, 0) is 38.5 Å². The Morgan fingerprint density at radius 2 is 1.81 bits per heavy atom. The summed E-state index contributed by atoms with van der Waals surface area (Å²) in [5, 5.41) is 0. The normalized spacial score (nSPS) is 26.2. The van der Waals surface area contributed by atoms with Crippen LogP contribution in [0, 0.1) is 5.92 Å². The van der Waals surface area contributed by atoms with Crippen molar-refractivity contribution in [2.75, 3.05) is 6.61 Å². The summed E-state index contributed by atoms with van der Waals surface area (Å²) in [6, 6.07) is 0. The number of carbonyl (C=O) groups is 4. The number of carbonyl (C=O) groups excluding carboxylic acids is 4. The van der Waals surface area contributed by atoms with E-state index in [1.165, 1.54) is 13.8 Å². The summed E-state index contributed by atoms with van der Waals surface area (Å²) in [5.74, 6) is -2.64. The second-order valence-electron chi connectivity index (χ2n) is 8.01. The van der Waals surface area contributed by atoms with Crippen LogP contribution in [0.15, 0.2) is 47.1 Å². The van der Waals surface area contributed by atoms with Gasteiger partial charge in [0.25, 0.3) is 0 Å². The molecule has 0 bridgehead atoms. The average molecular weight is 446 g/mol. The standard InChI is InChI=1S/C24H30O8/c1-7-14(3)23(27)31-20-9-13(2)8-19(30-17(6)26)10-18(12-29-16(5)25)11-21-22(20)15(4)24(28)32-21/h7-8,11,19-22H,4,9-10,12H2,1-3,5-6H3. The summed E-state index contributed by atoms with van der Waals surface area (Å²) in [5.41, 5.74) is 2.04. The van der Waals surface area contributed by atoms with Crippen LogP contribution in [-0.4, -0.2) is 48.8 Å². The topological polar surface area (TPSA) is 105 Å². The van der Waals surface area contributed by atoms with Gasteiger partial charge in [0.05, 0.1) is 5.92 Å². The van der Waals surface area contributed by atoms with Gasteiger partial charge in [-0.1, -0.05) is 18.2 Å². The molecule has 1 aliphatic heterocycles. The molecule has 8 nitrogen and oxygen atoms in total. The minimum absolute atomic E-state index is 0.0602. The molecule has 2 aliphatic rings. The van der Waals surface area contributed by atoms with E-state index in [-0.39, 0.29) is 18.6 Å². The van der Waals surface area contributed by atoms with Crippen molar-refractivity contribution < 1.29 is 38.1 Å². The fourth-order valence-corrected chi connectivity index (χ4v) is 3.68. The maximum atomic E-state index is 12.5. The van der Waals surface area contributed by atoms with Gasteiger partial charge in [-0.3, -0.25) is 9.59 Å². The molecule has 1 saturated heterocycles. The number of ether oxygens (including phenoxy) is 4. The van der Waals surface area contributed by atoms with E-state index in [0.29, 0.717) is 17.6 Å². The molecular formula is C24H30O8. The molecule has 8 heteroatoms. The lowest BCUT2D eigenvalue weighted by Crippen LogP contribution is -2.34. The van der Waals surface area contributed by atoms with Gasteiger partial charge >= 0.3 is 23.9 Å². The summed E-state index contributed by atoms with van der Waals surface area (Å²) in [6.07, 6.45) is 3.49. The van der Waals surface area contributed by atoms with Crippen molar-refractivity contribution in [2.45, 2.75) is 65.8 Å². The SMILES string of the molecule is C=C1C(=O)OC2C=C(COC(C)=O)CC(OC(C)=O)C=C(C)CC(OC(=O)C(C)=CC)C12. The van der Waals surface area contributed by atoms with Crippen LogP contribution in [0.5, 0.6) is 0 Å². The molecule has 0 aromatic rings. The summed E-state index contributed by atoms with van der Waals surface area (Å²) >= 11 is 0. The van der Waals surface area contributed by atoms with Crippen molar-refractivity contribution in [3.63, 3.8) is 0 Å². The molecule has 174 valence electrons. The molecule has 0 radical (unpaired) electrons. The van der Waals surface area contributed by atoms with Crippen molar-refractivity contribution in [1.29, 1.82) is 0 Å². The summed E-state index contributed by atoms with van der Waals surface area (Å²) in [4.78, 5) is 47.9. The van der Waals surface area contributed by atoms with E-state index >= 15 is 0 Å². The van der Waals surface area contributed by atoms with Crippen LogP contribution in [0.4, 0.5) is 0 Å². The van der Waals surface area contributed by atoms with Crippen LogP contribution in [-0.2, 0) is 38.1 Å². The monoisotopic (exact) mass is 446 g/mol. The highest BCUT2D eigenvalue weighted by atomic mass is 16.6. The van der Waals surface area contributed by atoms with Crippen LogP contribution < -0.4 is 0 Å². The smallest absolute Gasteiger partial charge is 0.334 e. The Balaban J connectivity index is 2.51. The molecule has 32 heavy (non-hydrogen) atoms. The van der Waals surface area contributed by atoms with E-state index in [4.69, 9.17) is 18.9 Å². The highest BCUT2D eigenvalue weighted by Gasteiger charge is 2.44. The summed E-state index contributed by atoms with van der Waals surface area (Å²) in [7, 11) is 0. The van der Waals surface area contributed by atoms with Crippen molar-refractivity contribution in [3.05, 3.63) is 47.1 Å². The summed E-state index contributed by atoms with van der Waals surface area (Å²) < 4.78 is 21.8. The molecule has 4 unspecified atom stereocenters.